The first kappa shape index (κ1) is 20.4. The Morgan fingerprint density at radius 3 is 2.58 bits per heavy atom. The molecule has 1 atom stereocenters. The number of aromatic amines is 1. The van der Waals surface area contributed by atoms with Crippen LogP contribution in [0.4, 0.5) is 5.82 Å². The van der Waals surface area contributed by atoms with Gasteiger partial charge < -0.3 is 18.9 Å². The third kappa shape index (κ3) is 3.39. The smallest absolute Gasteiger partial charge is 0.271 e. The lowest BCUT2D eigenvalue weighted by Crippen LogP contribution is -2.14. The molecule has 9 heteroatoms. The molecule has 5 rings (SSSR count). The maximum Gasteiger partial charge on any atom is 0.271 e. The van der Waals surface area contributed by atoms with Crippen molar-refractivity contribution < 1.29 is 18.9 Å². The minimum absolute atomic E-state index is 0.105. The zero-order chi connectivity index (χ0) is 21.5. The molecular formula is C22H27N3O5S. The van der Waals surface area contributed by atoms with Crippen molar-refractivity contribution in [3.63, 3.8) is 0 Å². The molecule has 166 valence electrons. The minimum Gasteiger partial charge on any atom is -0.493 e. The number of nitrogens with one attached hydrogen (secondary N) is 1. The lowest BCUT2D eigenvalue weighted by molar-refractivity contribution is 0.168. The first-order chi connectivity index (χ1) is 15.1. The monoisotopic (exact) mass is 445 g/mol. The van der Waals surface area contributed by atoms with Gasteiger partial charge in [-0.25, -0.2) is 4.99 Å². The van der Waals surface area contributed by atoms with Gasteiger partial charge in [0, 0.05) is 5.56 Å². The predicted molar refractivity (Wildman–Crippen MR) is 120 cm³/mol. The summed E-state index contributed by atoms with van der Waals surface area (Å²) in [4.78, 5) is 18.0. The van der Waals surface area contributed by atoms with Crippen molar-refractivity contribution in [3.05, 3.63) is 27.5 Å². The molecule has 3 aliphatic rings. The van der Waals surface area contributed by atoms with Crippen molar-refractivity contribution >= 4 is 22.6 Å². The van der Waals surface area contributed by atoms with Crippen molar-refractivity contribution in [3.8, 4) is 23.0 Å². The summed E-state index contributed by atoms with van der Waals surface area (Å²) < 4.78 is 24.6. The highest BCUT2D eigenvalue weighted by molar-refractivity contribution is 8.14. The molecule has 0 amide bonds. The number of aromatic nitrogens is 2. The third-order valence-electron chi connectivity index (χ3n) is 6.24. The highest BCUT2D eigenvalue weighted by Crippen LogP contribution is 2.55. The molecule has 0 unspecified atom stereocenters. The summed E-state index contributed by atoms with van der Waals surface area (Å²) in [6, 6.07) is 2.15. The number of thioether (sulfide) groups is 1. The number of nitrogens with zero attached hydrogens (tertiary/aromatic N) is 2. The van der Waals surface area contributed by atoms with E-state index in [-0.39, 0.29) is 23.6 Å². The van der Waals surface area contributed by atoms with Gasteiger partial charge in [0.05, 0.1) is 36.1 Å². The molecule has 0 saturated heterocycles. The van der Waals surface area contributed by atoms with Crippen molar-refractivity contribution in [2.24, 2.45) is 4.99 Å². The van der Waals surface area contributed by atoms with Crippen LogP contribution in [0.2, 0.25) is 0 Å². The summed E-state index contributed by atoms with van der Waals surface area (Å²) in [5, 5.41) is 3.71. The second-order valence-electron chi connectivity index (χ2n) is 8.09. The molecule has 1 saturated carbocycles. The standard InChI is InChI=1S/C22H27N3O5S/c1-12-23-21-16(22(26)24-25(21)13-8-6-4-5-7-9-13)20(31-12)14-10-15(27-2)18-19(17(14)28-3)30-11-29-18/h10,13,20H,4-9,11H2,1-3H3,(H,24,26)/t20-/m1/s1. The molecule has 1 aromatic carbocycles. The summed E-state index contributed by atoms with van der Waals surface area (Å²) >= 11 is 1.54. The number of H-pyrrole nitrogens is 1. The van der Waals surface area contributed by atoms with Crippen LogP contribution in [0.25, 0.3) is 0 Å². The van der Waals surface area contributed by atoms with Crippen LogP contribution < -0.4 is 24.5 Å². The van der Waals surface area contributed by atoms with Gasteiger partial charge >= 0.3 is 0 Å². The lowest BCUT2D eigenvalue weighted by Gasteiger charge is -2.25. The summed E-state index contributed by atoms with van der Waals surface area (Å²) in [6.07, 6.45) is 6.97. The number of ether oxygens (including phenoxy) is 4. The zero-order valence-corrected chi connectivity index (χ0v) is 18.8. The molecule has 2 aromatic rings. The molecule has 0 spiro atoms. The van der Waals surface area contributed by atoms with Gasteiger partial charge in [0.2, 0.25) is 18.3 Å². The van der Waals surface area contributed by atoms with Crippen LogP contribution in [0.15, 0.2) is 15.9 Å². The molecule has 0 bridgehead atoms. The van der Waals surface area contributed by atoms with Crippen molar-refractivity contribution in [2.75, 3.05) is 21.0 Å². The maximum atomic E-state index is 13.2. The average molecular weight is 446 g/mol. The van der Waals surface area contributed by atoms with Gasteiger partial charge in [-0.05, 0) is 25.8 Å². The van der Waals surface area contributed by atoms with E-state index in [1.807, 2.05) is 17.7 Å². The largest absolute Gasteiger partial charge is 0.493 e. The fraction of sp³-hybridized carbons (Fsp3) is 0.545. The summed E-state index contributed by atoms with van der Waals surface area (Å²) in [5.41, 5.74) is 1.36. The Kier molecular flexibility index (Phi) is 5.37. The second kappa shape index (κ2) is 8.18. The Morgan fingerprint density at radius 1 is 1.13 bits per heavy atom. The minimum atomic E-state index is -0.290. The number of fused-ring (bicyclic) bond motifs is 2. The van der Waals surface area contributed by atoms with E-state index in [1.54, 1.807) is 14.2 Å². The molecule has 1 aromatic heterocycles. The molecule has 1 N–H and O–H groups in total. The van der Waals surface area contributed by atoms with Crippen LogP contribution in [0.5, 0.6) is 23.0 Å². The van der Waals surface area contributed by atoms with E-state index < -0.39 is 0 Å². The maximum absolute atomic E-state index is 13.2. The average Bonchev–Trinajstić information content (AvgIpc) is 3.27. The van der Waals surface area contributed by atoms with Gasteiger partial charge in [-0.2, -0.15) is 0 Å². The normalized spacial score (nSPS) is 20.7. The van der Waals surface area contributed by atoms with Crippen molar-refractivity contribution in [1.82, 2.24) is 9.78 Å². The first-order valence-corrected chi connectivity index (χ1v) is 11.6. The Balaban J connectivity index is 1.66. The Labute approximate surface area is 184 Å². The molecule has 0 radical (unpaired) electrons. The van der Waals surface area contributed by atoms with Crippen LogP contribution in [-0.2, 0) is 0 Å². The Bertz CT molecular complexity index is 1080. The highest BCUT2D eigenvalue weighted by atomic mass is 32.2. The number of methoxy groups -OCH3 is 2. The van der Waals surface area contributed by atoms with Gasteiger partial charge in [-0.15, -0.1) is 0 Å². The van der Waals surface area contributed by atoms with Crippen LogP contribution in [0.1, 0.15) is 67.9 Å². The van der Waals surface area contributed by atoms with Gasteiger partial charge in [0.25, 0.3) is 5.56 Å². The van der Waals surface area contributed by atoms with Crippen LogP contribution in [0, 0.1) is 0 Å². The number of aliphatic imine (C=N–C) groups is 1. The first-order valence-electron chi connectivity index (χ1n) is 10.7. The molecule has 3 heterocycles. The van der Waals surface area contributed by atoms with Crippen LogP contribution in [-0.4, -0.2) is 35.8 Å². The molecule has 1 aliphatic carbocycles. The fourth-order valence-corrected chi connectivity index (χ4v) is 5.91. The van der Waals surface area contributed by atoms with Gasteiger partial charge in [0.15, 0.2) is 17.3 Å². The number of benzene rings is 1. The number of hydrogen-bond donors (Lipinski definition) is 1. The van der Waals surface area contributed by atoms with Gasteiger partial charge in [-0.3, -0.25) is 14.6 Å². The van der Waals surface area contributed by atoms with E-state index in [0.29, 0.717) is 28.6 Å². The lowest BCUT2D eigenvalue weighted by atomic mass is 10.0. The molecule has 1 fully saturated rings. The topological polar surface area (TPSA) is 87.1 Å². The predicted octanol–water partition coefficient (Wildman–Crippen LogP) is 4.70. The molecule has 31 heavy (non-hydrogen) atoms. The fourth-order valence-electron chi connectivity index (χ4n) is 4.80. The van der Waals surface area contributed by atoms with E-state index in [4.69, 9.17) is 23.9 Å². The summed E-state index contributed by atoms with van der Waals surface area (Å²) in [6.45, 7) is 2.08. The van der Waals surface area contributed by atoms with E-state index in [9.17, 15) is 4.79 Å². The van der Waals surface area contributed by atoms with Crippen LogP contribution >= 0.6 is 11.8 Å². The van der Waals surface area contributed by atoms with E-state index in [0.717, 1.165) is 29.3 Å². The second-order valence-corrected chi connectivity index (χ2v) is 9.39. The van der Waals surface area contributed by atoms with E-state index in [1.165, 1.54) is 37.4 Å². The number of hydrogen-bond acceptors (Lipinski definition) is 7. The Hall–Kier alpha value is -2.55. The molecule has 8 nitrogen and oxygen atoms in total. The summed E-state index contributed by atoms with van der Waals surface area (Å²) in [5.74, 6) is 2.90. The third-order valence-corrected chi connectivity index (χ3v) is 7.40. The van der Waals surface area contributed by atoms with Crippen LogP contribution in [0.3, 0.4) is 0 Å². The van der Waals surface area contributed by atoms with E-state index >= 15 is 0 Å². The van der Waals surface area contributed by atoms with E-state index in [2.05, 4.69) is 5.10 Å². The molecular weight excluding hydrogens is 418 g/mol. The number of rotatable bonds is 4. The van der Waals surface area contributed by atoms with Crippen molar-refractivity contribution in [2.45, 2.75) is 56.7 Å². The Morgan fingerprint density at radius 2 is 1.87 bits per heavy atom. The molecule has 2 aliphatic heterocycles. The SMILES string of the molecule is COc1cc([C@H]2SC(C)=Nc3c2c(=O)[nH]n3C2CCCCCC2)c(OC)c2c1OCO2. The highest BCUT2D eigenvalue weighted by Gasteiger charge is 2.37. The zero-order valence-electron chi connectivity index (χ0n) is 18.0. The van der Waals surface area contributed by atoms with Crippen molar-refractivity contribution in [1.29, 1.82) is 0 Å². The van der Waals surface area contributed by atoms with Gasteiger partial charge in [-0.1, -0.05) is 37.4 Å². The summed E-state index contributed by atoms with van der Waals surface area (Å²) in [7, 11) is 3.19. The van der Waals surface area contributed by atoms with Gasteiger partial charge in [0.1, 0.15) is 0 Å². The quantitative estimate of drug-likeness (QED) is 0.686.